The summed E-state index contributed by atoms with van der Waals surface area (Å²) in [5.74, 6) is 0.949. The molecule has 0 saturated carbocycles. The normalized spacial score (nSPS) is 11.9. The molecule has 0 aliphatic carbocycles. The summed E-state index contributed by atoms with van der Waals surface area (Å²) in [4.78, 5) is 46.9. The maximum absolute atomic E-state index is 12.7. The number of ether oxygens (including phenoxy) is 4. The van der Waals surface area contributed by atoms with Crippen molar-refractivity contribution in [2.24, 2.45) is 7.05 Å². The van der Waals surface area contributed by atoms with Gasteiger partial charge in [-0.25, -0.2) is 19.6 Å². The Kier molecular flexibility index (Phi) is 11.3. The van der Waals surface area contributed by atoms with Crippen LogP contribution in [0.4, 0.5) is 10.6 Å². The van der Waals surface area contributed by atoms with Gasteiger partial charge in [-0.15, -0.1) is 0 Å². The Labute approximate surface area is 304 Å². The van der Waals surface area contributed by atoms with Gasteiger partial charge in [-0.2, -0.15) is 0 Å². The van der Waals surface area contributed by atoms with Crippen molar-refractivity contribution in [2.75, 3.05) is 19.5 Å². The number of anilines is 1. The molecule has 0 fully saturated rings. The molecule has 1 N–H and O–H groups in total. The number of fused-ring (bicyclic) bond motifs is 2. The lowest BCUT2D eigenvalue weighted by Gasteiger charge is -2.20. The van der Waals surface area contributed by atoms with Crippen LogP contribution in [0.15, 0.2) is 54.7 Å². The number of imidazole rings is 1. The Hall–Kier alpha value is -5.39. The van der Waals surface area contributed by atoms with Crippen molar-refractivity contribution in [1.29, 1.82) is 0 Å². The quantitative estimate of drug-likeness (QED) is 0.0766. The average Bonchev–Trinajstić information content (AvgIpc) is 3.60. The Bertz CT molecular complexity index is 2100. The molecule has 0 aliphatic heterocycles. The van der Waals surface area contributed by atoms with E-state index in [-0.39, 0.29) is 5.97 Å². The molecule has 12 nitrogen and oxygen atoms in total. The van der Waals surface area contributed by atoms with Gasteiger partial charge in [0.15, 0.2) is 5.82 Å². The number of carbonyl (C=O) groups is 3. The predicted octanol–water partition coefficient (Wildman–Crippen LogP) is 8.69. The Morgan fingerprint density at radius 3 is 2.29 bits per heavy atom. The third-order valence-corrected chi connectivity index (χ3v) is 8.38. The smallest absolute Gasteiger partial charge is 0.413 e. The third kappa shape index (κ3) is 8.90. The number of pyridine rings is 1. The average molecular weight is 712 g/mol. The number of hydrogen-bond acceptors (Lipinski definition) is 9. The molecule has 5 aromatic rings. The van der Waals surface area contributed by atoms with Crippen LogP contribution in [-0.2, 0) is 32.6 Å². The first-order valence-corrected chi connectivity index (χ1v) is 17.5. The summed E-state index contributed by atoms with van der Waals surface area (Å²) in [5, 5.41) is 3.82. The van der Waals surface area contributed by atoms with Crippen molar-refractivity contribution in [3.8, 4) is 28.4 Å². The Balaban J connectivity index is 1.53. The van der Waals surface area contributed by atoms with E-state index in [0.29, 0.717) is 41.4 Å². The molecule has 0 aliphatic rings. The summed E-state index contributed by atoms with van der Waals surface area (Å²) in [7, 11) is 4.84. The second kappa shape index (κ2) is 15.5. The van der Waals surface area contributed by atoms with Crippen molar-refractivity contribution < 1.29 is 33.3 Å². The Morgan fingerprint density at radius 1 is 0.865 bits per heavy atom. The number of aromatic nitrogens is 4. The number of esters is 2. The topological polar surface area (TPSA) is 136 Å². The van der Waals surface area contributed by atoms with E-state index in [0.717, 1.165) is 58.9 Å². The van der Waals surface area contributed by atoms with Crippen LogP contribution in [0.25, 0.3) is 44.6 Å². The SMILES string of the molecule is COC(=O)c1cc(OC)c2c(c1)nc(-c1cc3ccc(-c4cccnc4NC(=O)OC(C)(C)C)cc3n1CCCCCCC(=O)OC(C)(C)C)n2C. The van der Waals surface area contributed by atoms with E-state index >= 15 is 0 Å². The second-order valence-electron chi connectivity index (χ2n) is 14.8. The largest absolute Gasteiger partial charge is 0.494 e. The number of benzene rings is 2. The first kappa shape index (κ1) is 37.9. The maximum atomic E-state index is 12.7. The van der Waals surface area contributed by atoms with E-state index in [1.807, 2.05) is 77.4 Å². The fourth-order valence-electron chi connectivity index (χ4n) is 6.20. The molecule has 3 heterocycles. The molecule has 3 aromatic heterocycles. The van der Waals surface area contributed by atoms with Gasteiger partial charge in [0, 0.05) is 42.7 Å². The highest BCUT2D eigenvalue weighted by Gasteiger charge is 2.23. The van der Waals surface area contributed by atoms with Gasteiger partial charge in [-0.3, -0.25) is 10.1 Å². The van der Waals surface area contributed by atoms with E-state index < -0.39 is 23.3 Å². The number of methoxy groups -OCH3 is 2. The number of aryl methyl sites for hydroxylation is 2. The molecular weight excluding hydrogens is 662 g/mol. The van der Waals surface area contributed by atoms with Gasteiger partial charge < -0.3 is 28.1 Å². The van der Waals surface area contributed by atoms with Crippen molar-refractivity contribution in [2.45, 2.75) is 91.4 Å². The molecule has 5 rings (SSSR count). The highest BCUT2D eigenvalue weighted by Crippen LogP contribution is 2.37. The molecular formula is C40H49N5O7. The van der Waals surface area contributed by atoms with Gasteiger partial charge in [-0.05, 0) is 96.3 Å². The van der Waals surface area contributed by atoms with Gasteiger partial charge >= 0.3 is 18.0 Å². The van der Waals surface area contributed by atoms with Gasteiger partial charge in [0.05, 0.1) is 31.0 Å². The number of nitrogens with one attached hydrogen (secondary N) is 1. The zero-order chi connectivity index (χ0) is 37.8. The van der Waals surface area contributed by atoms with Crippen LogP contribution in [0.2, 0.25) is 0 Å². The molecule has 0 saturated heterocycles. The molecule has 12 heteroatoms. The molecule has 276 valence electrons. The molecule has 0 spiro atoms. The van der Waals surface area contributed by atoms with Crippen LogP contribution < -0.4 is 10.1 Å². The number of rotatable bonds is 12. The molecule has 1 amide bonds. The summed E-state index contributed by atoms with van der Waals surface area (Å²) in [6.07, 6.45) is 4.83. The van der Waals surface area contributed by atoms with Crippen molar-refractivity contribution in [3.63, 3.8) is 0 Å². The highest BCUT2D eigenvalue weighted by molar-refractivity contribution is 5.98. The van der Waals surface area contributed by atoms with E-state index in [1.54, 1.807) is 25.4 Å². The molecule has 0 radical (unpaired) electrons. The minimum atomic E-state index is -0.661. The summed E-state index contributed by atoms with van der Waals surface area (Å²) in [6.45, 7) is 11.7. The standard InChI is InChI=1S/C40H49N5O7/c1-39(2,3)51-33(46)16-12-10-11-13-20-45-30-22-25(28-15-14-19-41-35(28)43-38(48)52-40(4,5)6)17-18-26(30)23-31(45)36-42-29-21-27(37(47)50-9)24-32(49-8)34(29)44(36)7/h14-15,17-19,21-24H,10-13,16,20H2,1-9H3,(H,41,43,48). The minimum absolute atomic E-state index is 0.178. The lowest BCUT2D eigenvalue weighted by Crippen LogP contribution is -2.27. The first-order chi connectivity index (χ1) is 24.6. The van der Waals surface area contributed by atoms with Crippen LogP contribution in [0.1, 0.15) is 84.0 Å². The fourth-order valence-corrected chi connectivity index (χ4v) is 6.20. The van der Waals surface area contributed by atoms with Gasteiger partial charge in [-0.1, -0.05) is 25.0 Å². The molecule has 52 heavy (non-hydrogen) atoms. The Morgan fingerprint density at radius 2 is 1.60 bits per heavy atom. The van der Waals surface area contributed by atoms with E-state index in [2.05, 4.69) is 27.0 Å². The highest BCUT2D eigenvalue weighted by atomic mass is 16.6. The number of unbranched alkanes of at least 4 members (excludes halogenated alkanes) is 3. The number of nitrogens with zero attached hydrogens (tertiary/aromatic N) is 4. The number of amides is 1. The third-order valence-electron chi connectivity index (χ3n) is 8.38. The lowest BCUT2D eigenvalue weighted by atomic mass is 10.0. The zero-order valence-electron chi connectivity index (χ0n) is 31.6. The number of carbonyl (C=O) groups excluding carboxylic acids is 3. The molecule has 0 unspecified atom stereocenters. The maximum Gasteiger partial charge on any atom is 0.413 e. The summed E-state index contributed by atoms with van der Waals surface area (Å²) < 4.78 is 25.9. The number of hydrogen-bond donors (Lipinski definition) is 1. The van der Waals surface area contributed by atoms with Gasteiger partial charge in [0.2, 0.25) is 0 Å². The monoisotopic (exact) mass is 711 g/mol. The molecule has 0 atom stereocenters. The van der Waals surface area contributed by atoms with Crippen LogP contribution in [0.5, 0.6) is 5.75 Å². The zero-order valence-corrected chi connectivity index (χ0v) is 31.6. The van der Waals surface area contributed by atoms with Crippen molar-refractivity contribution in [3.05, 3.63) is 60.3 Å². The molecule has 2 aromatic carbocycles. The summed E-state index contributed by atoms with van der Waals surface area (Å²) >= 11 is 0. The molecule has 0 bridgehead atoms. The van der Waals surface area contributed by atoms with Gasteiger partial charge in [0.1, 0.15) is 28.3 Å². The van der Waals surface area contributed by atoms with Crippen LogP contribution in [0, 0.1) is 0 Å². The summed E-state index contributed by atoms with van der Waals surface area (Å²) in [6, 6.07) is 15.4. The lowest BCUT2D eigenvalue weighted by molar-refractivity contribution is -0.154. The first-order valence-electron chi connectivity index (χ1n) is 17.5. The second-order valence-corrected chi connectivity index (χ2v) is 14.8. The minimum Gasteiger partial charge on any atom is -0.494 e. The van der Waals surface area contributed by atoms with Crippen molar-refractivity contribution in [1.82, 2.24) is 19.1 Å². The van der Waals surface area contributed by atoms with Crippen LogP contribution >= 0.6 is 0 Å². The fraction of sp³-hybridized carbons (Fsp3) is 0.425. The van der Waals surface area contributed by atoms with E-state index in [9.17, 15) is 14.4 Å². The van der Waals surface area contributed by atoms with Crippen molar-refractivity contribution >= 4 is 45.8 Å². The van der Waals surface area contributed by atoms with E-state index in [4.69, 9.17) is 23.9 Å². The van der Waals surface area contributed by atoms with Crippen LogP contribution in [-0.4, -0.2) is 62.6 Å². The predicted molar refractivity (Wildman–Crippen MR) is 202 cm³/mol. The van der Waals surface area contributed by atoms with E-state index in [1.165, 1.54) is 7.11 Å². The van der Waals surface area contributed by atoms with Gasteiger partial charge in [0.25, 0.3) is 0 Å². The van der Waals surface area contributed by atoms with Crippen LogP contribution in [0.3, 0.4) is 0 Å². The summed E-state index contributed by atoms with van der Waals surface area (Å²) in [5.41, 5.74) is 4.01.